The smallest absolute Gasteiger partial charge is 0.237 e. The standard InChI is InChI=1S/C12H21N5O/c1-3-5-9(13)12(18)14-8(2)11-16-15-10-6-4-7-17(10)11/h8-9H,3-7,13H2,1-2H3,(H,14,18). The van der Waals surface area contributed by atoms with E-state index in [1.165, 1.54) is 0 Å². The molecule has 0 aromatic carbocycles. The molecule has 6 nitrogen and oxygen atoms in total. The molecule has 6 heteroatoms. The largest absolute Gasteiger partial charge is 0.345 e. The van der Waals surface area contributed by atoms with Gasteiger partial charge in [-0.2, -0.15) is 0 Å². The Kier molecular flexibility index (Phi) is 3.96. The van der Waals surface area contributed by atoms with Crippen LogP contribution in [0.2, 0.25) is 0 Å². The van der Waals surface area contributed by atoms with Gasteiger partial charge in [-0.15, -0.1) is 10.2 Å². The third kappa shape index (κ3) is 2.53. The molecule has 2 unspecified atom stereocenters. The fourth-order valence-electron chi connectivity index (χ4n) is 2.32. The van der Waals surface area contributed by atoms with Crippen molar-refractivity contribution in [3.05, 3.63) is 11.6 Å². The van der Waals surface area contributed by atoms with Crippen LogP contribution in [-0.2, 0) is 17.8 Å². The van der Waals surface area contributed by atoms with E-state index in [0.717, 1.165) is 37.5 Å². The molecule has 0 bridgehead atoms. The second kappa shape index (κ2) is 5.48. The number of nitrogens with one attached hydrogen (secondary N) is 1. The van der Waals surface area contributed by atoms with Gasteiger partial charge in [0.2, 0.25) is 5.91 Å². The van der Waals surface area contributed by atoms with Gasteiger partial charge in [0.05, 0.1) is 12.1 Å². The van der Waals surface area contributed by atoms with E-state index in [1.54, 1.807) is 0 Å². The molecule has 3 N–H and O–H groups in total. The van der Waals surface area contributed by atoms with Crippen molar-refractivity contribution in [3.8, 4) is 0 Å². The zero-order valence-electron chi connectivity index (χ0n) is 11.0. The minimum absolute atomic E-state index is 0.111. The summed E-state index contributed by atoms with van der Waals surface area (Å²) in [6.45, 7) is 4.88. The highest BCUT2D eigenvalue weighted by Crippen LogP contribution is 2.18. The van der Waals surface area contributed by atoms with Crippen LogP contribution in [0.25, 0.3) is 0 Å². The van der Waals surface area contributed by atoms with Crippen molar-refractivity contribution in [1.29, 1.82) is 0 Å². The molecule has 18 heavy (non-hydrogen) atoms. The van der Waals surface area contributed by atoms with Crippen LogP contribution in [0, 0.1) is 0 Å². The molecule has 0 saturated carbocycles. The highest BCUT2D eigenvalue weighted by molar-refractivity contribution is 5.81. The first-order valence-corrected chi connectivity index (χ1v) is 6.61. The number of nitrogens with two attached hydrogens (primary N) is 1. The third-order valence-corrected chi connectivity index (χ3v) is 3.32. The number of hydrogen-bond acceptors (Lipinski definition) is 4. The number of fused-ring (bicyclic) bond motifs is 1. The van der Waals surface area contributed by atoms with Crippen molar-refractivity contribution in [1.82, 2.24) is 20.1 Å². The Balaban J connectivity index is 1.99. The summed E-state index contributed by atoms with van der Waals surface area (Å²) in [5.41, 5.74) is 5.79. The highest BCUT2D eigenvalue weighted by atomic mass is 16.2. The van der Waals surface area contributed by atoms with Crippen molar-refractivity contribution in [2.75, 3.05) is 0 Å². The van der Waals surface area contributed by atoms with Crippen LogP contribution in [0.3, 0.4) is 0 Å². The number of aromatic nitrogens is 3. The summed E-state index contributed by atoms with van der Waals surface area (Å²) in [7, 11) is 0. The van der Waals surface area contributed by atoms with Gasteiger partial charge in [-0.3, -0.25) is 4.79 Å². The van der Waals surface area contributed by atoms with Crippen LogP contribution < -0.4 is 11.1 Å². The maximum Gasteiger partial charge on any atom is 0.237 e. The van der Waals surface area contributed by atoms with Gasteiger partial charge in [-0.1, -0.05) is 13.3 Å². The van der Waals surface area contributed by atoms with Gasteiger partial charge in [0.25, 0.3) is 0 Å². The Labute approximate surface area is 107 Å². The lowest BCUT2D eigenvalue weighted by Crippen LogP contribution is -2.42. The van der Waals surface area contributed by atoms with E-state index in [0.29, 0.717) is 6.42 Å². The van der Waals surface area contributed by atoms with Gasteiger partial charge < -0.3 is 15.6 Å². The summed E-state index contributed by atoms with van der Waals surface area (Å²) in [5.74, 6) is 1.74. The van der Waals surface area contributed by atoms with E-state index in [9.17, 15) is 4.79 Å². The molecule has 0 radical (unpaired) electrons. The maximum absolute atomic E-state index is 11.8. The second-order valence-electron chi connectivity index (χ2n) is 4.86. The normalized spacial score (nSPS) is 17.3. The molecular formula is C12H21N5O. The molecule has 0 spiro atoms. The molecule has 0 fully saturated rings. The molecule has 2 heterocycles. The fraction of sp³-hybridized carbons (Fsp3) is 0.750. The lowest BCUT2D eigenvalue weighted by molar-refractivity contribution is -0.123. The highest BCUT2D eigenvalue weighted by Gasteiger charge is 2.23. The first-order valence-electron chi connectivity index (χ1n) is 6.61. The molecule has 1 amide bonds. The summed E-state index contributed by atoms with van der Waals surface area (Å²) in [6, 6.07) is -0.571. The fourth-order valence-corrected chi connectivity index (χ4v) is 2.32. The average molecular weight is 251 g/mol. The number of aryl methyl sites for hydroxylation is 1. The summed E-state index contributed by atoms with van der Waals surface area (Å²) in [4.78, 5) is 11.8. The minimum atomic E-state index is -0.432. The van der Waals surface area contributed by atoms with Gasteiger partial charge in [0, 0.05) is 13.0 Å². The Morgan fingerprint density at radius 1 is 1.56 bits per heavy atom. The number of carbonyl (C=O) groups excluding carboxylic acids is 1. The second-order valence-corrected chi connectivity index (χ2v) is 4.86. The van der Waals surface area contributed by atoms with Gasteiger partial charge >= 0.3 is 0 Å². The van der Waals surface area contributed by atoms with Crippen molar-refractivity contribution < 1.29 is 4.79 Å². The molecule has 1 aromatic rings. The topological polar surface area (TPSA) is 85.8 Å². The zero-order valence-corrected chi connectivity index (χ0v) is 11.0. The summed E-state index contributed by atoms with van der Waals surface area (Å²) in [5, 5.41) is 11.2. The van der Waals surface area contributed by atoms with Gasteiger partial charge in [0.1, 0.15) is 5.82 Å². The van der Waals surface area contributed by atoms with E-state index in [2.05, 4.69) is 20.1 Å². The Morgan fingerprint density at radius 2 is 2.33 bits per heavy atom. The summed E-state index contributed by atoms with van der Waals surface area (Å²) < 4.78 is 2.09. The SMILES string of the molecule is CCCC(N)C(=O)NC(C)c1nnc2n1CCC2. The molecule has 0 aliphatic carbocycles. The Bertz CT molecular complexity index is 428. The molecule has 100 valence electrons. The molecular weight excluding hydrogens is 230 g/mol. The number of carbonyl (C=O) groups is 1. The molecule has 1 aliphatic rings. The van der Waals surface area contributed by atoms with E-state index in [-0.39, 0.29) is 11.9 Å². The quantitative estimate of drug-likeness (QED) is 0.799. The lowest BCUT2D eigenvalue weighted by Gasteiger charge is -2.17. The van der Waals surface area contributed by atoms with Crippen LogP contribution in [0.15, 0.2) is 0 Å². The van der Waals surface area contributed by atoms with Crippen LogP contribution >= 0.6 is 0 Å². The minimum Gasteiger partial charge on any atom is -0.345 e. The monoisotopic (exact) mass is 251 g/mol. The average Bonchev–Trinajstić information content (AvgIpc) is 2.90. The van der Waals surface area contributed by atoms with Crippen molar-refractivity contribution >= 4 is 5.91 Å². The van der Waals surface area contributed by atoms with Crippen molar-refractivity contribution in [2.45, 2.75) is 58.2 Å². The summed E-state index contributed by atoms with van der Waals surface area (Å²) >= 11 is 0. The summed E-state index contributed by atoms with van der Waals surface area (Å²) in [6.07, 6.45) is 3.69. The number of nitrogens with zero attached hydrogens (tertiary/aromatic N) is 3. The molecule has 0 saturated heterocycles. The third-order valence-electron chi connectivity index (χ3n) is 3.32. The predicted octanol–water partition coefficient (Wildman–Crippen LogP) is 0.529. The van der Waals surface area contributed by atoms with Crippen LogP contribution in [0.1, 0.15) is 50.8 Å². The van der Waals surface area contributed by atoms with Crippen molar-refractivity contribution in [2.24, 2.45) is 5.73 Å². The molecule has 1 aliphatic heterocycles. The first kappa shape index (κ1) is 13.0. The van der Waals surface area contributed by atoms with Crippen molar-refractivity contribution in [3.63, 3.8) is 0 Å². The van der Waals surface area contributed by atoms with Gasteiger partial charge in [-0.05, 0) is 19.8 Å². The molecule has 2 rings (SSSR count). The predicted molar refractivity (Wildman–Crippen MR) is 67.8 cm³/mol. The van der Waals surface area contributed by atoms with Crippen LogP contribution in [-0.4, -0.2) is 26.7 Å². The van der Waals surface area contributed by atoms with Gasteiger partial charge in [0.15, 0.2) is 5.82 Å². The Morgan fingerprint density at radius 3 is 3.06 bits per heavy atom. The Hall–Kier alpha value is -1.43. The number of rotatable bonds is 5. The zero-order chi connectivity index (χ0) is 13.1. The lowest BCUT2D eigenvalue weighted by atomic mass is 10.1. The molecule has 1 aromatic heterocycles. The number of hydrogen-bond donors (Lipinski definition) is 2. The van der Waals surface area contributed by atoms with Crippen LogP contribution in [0.4, 0.5) is 0 Å². The van der Waals surface area contributed by atoms with Gasteiger partial charge in [-0.25, -0.2) is 0 Å². The van der Waals surface area contributed by atoms with E-state index < -0.39 is 6.04 Å². The van der Waals surface area contributed by atoms with Crippen LogP contribution in [0.5, 0.6) is 0 Å². The maximum atomic E-state index is 11.8. The number of amides is 1. The van der Waals surface area contributed by atoms with E-state index in [1.807, 2.05) is 13.8 Å². The van der Waals surface area contributed by atoms with E-state index >= 15 is 0 Å². The first-order chi connectivity index (χ1) is 8.63. The molecule has 2 atom stereocenters. The van der Waals surface area contributed by atoms with E-state index in [4.69, 9.17) is 5.73 Å².